The van der Waals surface area contributed by atoms with E-state index in [4.69, 9.17) is 0 Å². The molecule has 0 radical (unpaired) electrons. The maximum atomic E-state index is 4.21. The highest BCUT2D eigenvalue weighted by molar-refractivity contribution is 5.55. The first-order chi connectivity index (χ1) is 7.84. The third-order valence-electron chi connectivity index (χ3n) is 3.05. The normalized spacial score (nSPS) is 12.4. The van der Waals surface area contributed by atoms with E-state index in [0.717, 1.165) is 17.6 Å². The Labute approximate surface area is 107 Å². The van der Waals surface area contributed by atoms with Crippen LogP contribution in [-0.2, 0) is 0 Å². The molecule has 0 aliphatic rings. The summed E-state index contributed by atoms with van der Waals surface area (Å²) in [6.07, 6.45) is 5.34. The van der Waals surface area contributed by atoms with Crippen molar-refractivity contribution in [3.63, 3.8) is 0 Å². The third kappa shape index (κ3) is 4.60. The average molecular weight is 230 g/mol. The second kappa shape index (κ2) is 7.11. The molecule has 0 bridgehead atoms. The van der Waals surface area contributed by atoms with Gasteiger partial charge in [-0.25, -0.2) is 0 Å². The molecule has 0 atom stereocenters. The summed E-state index contributed by atoms with van der Waals surface area (Å²) in [5.74, 6) is 0. The van der Waals surface area contributed by atoms with Gasteiger partial charge in [0.05, 0.1) is 0 Å². The van der Waals surface area contributed by atoms with Crippen LogP contribution in [0.5, 0.6) is 0 Å². The standard InChI is InChI=1S/C17H26/c1-9-16(10-2)15(8)17(13(5)6)11-14(7)12(3)4/h9,11H,5,8,10H2,1-4,6-7H3/b16-9-,17-11+. The van der Waals surface area contributed by atoms with Crippen molar-refractivity contribution in [1.29, 1.82) is 0 Å². The molecule has 0 rings (SSSR count). The van der Waals surface area contributed by atoms with Crippen LogP contribution in [0.4, 0.5) is 0 Å². The van der Waals surface area contributed by atoms with Gasteiger partial charge < -0.3 is 0 Å². The van der Waals surface area contributed by atoms with E-state index in [2.05, 4.69) is 59.9 Å². The first-order valence-corrected chi connectivity index (χ1v) is 6.21. The summed E-state index contributed by atoms with van der Waals surface area (Å²) in [7, 11) is 0. The Hall–Kier alpha value is -1.30. The van der Waals surface area contributed by atoms with E-state index in [9.17, 15) is 0 Å². The highest BCUT2D eigenvalue weighted by atomic mass is 14.1. The molecule has 17 heavy (non-hydrogen) atoms. The minimum atomic E-state index is 1.01. The topological polar surface area (TPSA) is 0 Å². The molecular weight excluding hydrogens is 204 g/mol. The van der Waals surface area contributed by atoms with E-state index in [1.807, 2.05) is 6.92 Å². The Kier molecular flexibility index (Phi) is 6.57. The van der Waals surface area contributed by atoms with Gasteiger partial charge in [-0.15, -0.1) is 0 Å². The largest absolute Gasteiger partial charge is 0.0955 e. The zero-order valence-corrected chi connectivity index (χ0v) is 12.3. The smallest absolute Gasteiger partial charge is 0.0161 e. The van der Waals surface area contributed by atoms with Crippen LogP contribution in [0.3, 0.4) is 0 Å². The second-order valence-corrected chi connectivity index (χ2v) is 4.67. The van der Waals surface area contributed by atoms with E-state index >= 15 is 0 Å². The van der Waals surface area contributed by atoms with E-state index in [1.54, 1.807) is 0 Å². The molecule has 0 amide bonds. The van der Waals surface area contributed by atoms with Crippen molar-refractivity contribution in [3.8, 4) is 0 Å². The Morgan fingerprint density at radius 2 is 1.59 bits per heavy atom. The first-order valence-electron chi connectivity index (χ1n) is 6.21. The molecule has 0 saturated heterocycles. The van der Waals surface area contributed by atoms with Crippen molar-refractivity contribution in [1.82, 2.24) is 0 Å². The number of hydrogen-bond acceptors (Lipinski definition) is 0. The summed E-state index contributed by atoms with van der Waals surface area (Å²) in [5.41, 5.74) is 7.25. The second-order valence-electron chi connectivity index (χ2n) is 4.67. The number of hydrogen-bond donors (Lipinski definition) is 0. The predicted octanol–water partition coefficient (Wildman–Crippen LogP) is 5.76. The van der Waals surface area contributed by atoms with Gasteiger partial charge in [0.2, 0.25) is 0 Å². The van der Waals surface area contributed by atoms with Crippen molar-refractivity contribution in [3.05, 3.63) is 58.7 Å². The van der Waals surface area contributed by atoms with Crippen LogP contribution < -0.4 is 0 Å². The maximum absolute atomic E-state index is 4.21. The van der Waals surface area contributed by atoms with Crippen LogP contribution in [0, 0.1) is 0 Å². The fourth-order valence-electron chi connectivity index (χ4n) is 1.59. The van der Waals surface area contributed by atoms with Crippen LogP contribution in [0.15, 0.2) is 58.7 Å². The zero-order chi connectivity index (χ0) is 13.6. The molecule has 0 aliphatic carbocycles. The van der Waals surface area contributed by atoms with E-state index in [1.165, 1.54) is 22.3 Å². The highest BCUT2D eigenvalue weighted by Gasteiger charge is 2.07. The van der Waals surface area contributed by atoms with Gasteiger partial charge in [0.25, 0.3) is 0 Å². The molecule has 0 saturated carbocycles. The Morgan fingerprint density at radius 1 is 1.06 bits per heavy atom. The van der Waals surface area contributed by atoms with Crippen molar-refractivity contribution in [2.24, 2.45) is 0 Å². The SMILES string of the molecule is C=C(C)/C(=C\C(C)=C(C)C)C(=C)/C(=C\C)CC. The summed E-state index contributed by atoms with van der Waals surface area (Å²) < 4.78 is 0. The van der Waals surface area contributed by atoms with Crippen LogP contribution >= 0.6 is 0 Å². The van der Waals surface area contributed by atoms with Crippen molar-refractivity contribution in [2.75, 3.05) is 0 Å². The van der Waals surface area contributed by atoms with Crippen LogP contribution in [0.1, 0.15) is 48.0 Å². The summed E-state index contributed by atoms with van der Waals surface area (Å²) >= 11 is 0. The molecule has 0 aromatic carbocycles. The molecule has 0 spiro atoms. The summed E-state index contributed by atoms with van der Waals surface area (Å²) in [4.78, 5) is 0. The molecule has 94 valence electrons. The lowest BCUT2D eigenvalue weighted by atomic mass is 9.91. The van der Waals surface area contributed by atoms with Crippen LogP contribution in [-0.4, -0.2) is 0 Å². The number of rotatable bonds is 5. The van der Waals surface area contributed by atoms with Gasteiger partial charge in [-0.3, -0.25) is 0 Å². The van der Waals surface area contributed by atoms with Gasteiger partial charge in [-0.2, -0.15) is 0 Å². The quantitative estimate of drug-likeness (QED) is 0.527. The minimum absolute atomic E-state index is 1.01. The van der Waals surface area contributed by atoms with Crippen molar-refractivity contribution in [2.45, 2.75) is 48.0 Å². The predicted molar refractivity (Wildman–Crippen MR) is 80.1 cm³/mol. The summed E-state index contributed by atoms with van der Waals surface area (Å²) in [5, 5.41) is 0. The molecule has 0 heterocycles. The van der Waals surface area contributed by atoms with Gasteiger partial charge in [0, 0.05) is 0 Å². The van der Waals surface area contributed by atoms with Gasteiger partial charge in [-0.05, 0) is 57.8 Å². The van der Waals surface area contributed by atoms with Crippen LogP contribution in [0.25, 0.3) is 0 Å². The zero-order valence-electron chi connectivity index (χ0n) is 12.3. The summed E-state index contributed by atoms with van der Waals surface area (Å²) in [6.45, 7) is 20.9. The molecule has 0 N–H and O–H groups in total. The highest BCUT2D eigenvalue weighted by Crippen LogP contribution is 2.26. The lowest BCUT2D eigenvalue weighted by molar-refractivity contribution is 1.10. The van der Waals surface area contributed by atoms with Crippen molar-refractivity contribution >= 4 is 0 Å². The fraction of sp³-hybridized carbons (Fsp3) is 0.412. The number of allylic oxidation sites excluding steroid dienone is 8. The Balaban J connectivity index is 5.50. The molecule has 0 heteroatoms. The van der Waals surface area contributed by atoms with Gasteiger partial charge in [0.15, 0.2) is 0 Å². The molecular formula is C17H26. The molecule has 0 aliphatic heterocycles. The Bertz CT molecular complexity index is 394. The molecule has 0 aromatic rings. The molecule has 0 aromatic heterocycles. The van der Waals surface area contributed by atoms with Gasteiger partial charge in [0.1, 0.15) is 0 Å². The lowest BCUT2D eigenvalue weighted by Crippen LogP contribution is -1.95. The molecule has 0 fully saturated rings. The Morgan fingerprint density at radius 3 is 1.88 bits per heavy atom. The molecule has 0 unspecified atom stereocenters. The van der Waals surface area contributed by atoms with Crippen LogP contribution in [0.2, 0.25) is 0 Å². The lowest BCUT2D eigenvalue weighted by Gasteiger charge is -2.14. The van der Waals surface area contributed by atoms with Gasteiger partial charge in [-0.1, -0.05) is 49.0 Å². The van der Waals surface area contributed by atoms with E-state index < -0.39 is 0 Å². The maximum Gasteiger partial charge on any atom is -0.0161 e. The summed E-state index contributed by atoms with van der Waals surface area (Å²) in [6, 6.07) is 0. The van der Waals surface area contributed by atoms with Crippen molar-refractivity contribution < 1.29 is 0 Å². The first kappa shape index (κ1) is 15.7. The van der Waals surface area contributed by atoms with E-state index in [-0.39, 0.29) is 0 Å². The monoisotopic (exact) mass is 230 g/mol. The van der Waals surface area contributed by atoms with E-state index in [0.29, 0.717) is 0 Å². The third-order valence-corrected chi connectivity index (χ3v) is 3.05. The molecule has 0 nitrogen and oxygen atoms in total. The minimum Gasteiger partial charge on any atom is -0.0955 e. The average Bonchev–Trinajstić information content (AvgIpc) is 2.26. The fourth-order valence-corrected chi connectivity index (χ4v) is 1.59. The van der Waals surface area contributed by atoms with Gasteiger partial charge >= 0.3 is 0 Å².